The molecule has 0 bridgehead atoms. The Morgan fingerprint density at radius 2 is 1.57 bits per heavy atom. The summed E-state index contributed by atoms with van der Waals surface area (Å²) < 4.78 is 46.5. The van der Waals surface area contributed by atoms with Gasteiger partial charge in [-0.15, -0.1) is 0 Å². The lowest BCUT2D eigenvalue weighted by Gasteiger charge is -2.51. The highest BCUT2D eigenvalue weighted by Gasteiger charge is 2.59. The third-order valence-electron chi connectivity index (χ3n) is 12.4. The summed E-state index contributed by atoms with van der Waals surface area (Å²) >= 11 is 0. The molecule has 13 N–H and O–H groups in total. The van der Waals surface area contributed by atoms with Crippen LogP contribution in [0.3, 0.4) is 0 Å². The van der Waals surface area contributed by atoms with Crippen molar-refractivity contribution in [1.82, 2.24) is 24.8 Å². The number of aliphatic imine (C=N–C) groups is 1. The number of aryl methyl sites for hydroxylation is 2. The molecule has 0 radical (unpaired) electrons. The number of β-amino-alcohol motifs (C(OH)–C–C–N with tert-alkyl or cyclic N) is 1. The van der Waals surface area contributed by atoms with Crippen LogP contribution < -0.4 is 27.0 Å². The topological polar surface area (TPSA) is 382 Å². The fraction of sp³-hybridized carbons (Fsp3) is 0.395. The van der Waals surface area contributed by atoms with Gasteiger partial charge >= 0.3 is 21.7 Å². The Bertz CT molecular complexity index is 2870. The molecule has 1 saturated heterocycles. The first-order chi connectivity index (χ1) is 33.2. The number of imidazole rings is 1. The Balaban J connectivity index is 0.968. The minimum absolute atomic E-state index is 0.0245. The summed E-state index contributed by atoms with van der Waals surface area (Å²) in [7, 11) is -11.2. The van der Waals surface area contributed by atoms with Crippen LogP contribution in [0.5, 0.6) is 0 Å². The molecule has 5 aromatic rings. The molecule has 374 valence electrons. The highest BCUT2D eigenvalue weighted by molar-refractivity contribution is 7.61. The first-order valence-corrected chi connectivity index (χ1v) is 24.8. The third kappa shape index (κ3) is 10.4. The number of aromatic nitrogens is 4. The number of urea groups is 1. The molecule has 12 atom stereocenters. The molecule has 3 amide bonds. The summed E-state index contributed by atoms with van der Waals surface area (Å²) in [5.41, 5.74) is 15.0. The number of nitrogens with zero attached hydrogens (tertiary/aromatic N) is 6. The molecule has 3 aliphatic rings. The van der Waals surface area contributed by atoms with Gasteiger partial charge in [0.2, 0.25) is 0 Å². The van der Waals surface area contributed by atoms with Crippen molar-refractivity contribution in [2.24, 2.45) is 10.7 Å². The fourth-order valence-corrected chi connectivity index (χ4v) is 10.9. The number of nitrogens with two attached hydrogens (primary N) is 2. The number of phosphoric acid groups is 2. The summed E-state index contributed by atoms with van der Waals surface area (Å²) in [6.07, 6.45) is -9.63. The molecule has 5 heterocycles. The Labute approximate surface area is 399 Å². The zero-order valence-corrected chi connectivity index (χ0v) is 39.2. The monoisotopic (exact) mass is 1010 g/mol. The lowest BCUT2D eigenvalue weighted by molar-refractivity contribution is -0.123. The van der Waals surface area contributed by atoms with Gasteiger partial charge in [0.25, 0.3) is 5.91 Å². The molecule has 0 spiro atoms. The van der Waals surface area contributed by atoms with E-state index in [0.29, 0.717) is 23.4 Å². The highest BCUT2D eigenvalue weighted by Crippen LogP contribution is 2.60. The van der Waals surface area contributed by atoms with Crippen molar-refractivity contribution < 1.29 is 72.1 Å². The number of amidine groups is 1. The number of carbonyl (C=O) groups excluding carboxylic acids is 2. The first kappa shape index (κ1) is 50.8. The van der Waals surface area contributed by atoms with E-state index in [4.69, 9.17) is 25.3 Å². The molecule has 1 fully saturated rings. The number of aliphatic hydroxyl groups excluding tert-OH is 5. The van der Waals surface area contributed by atoms with E-state index in [1.807, 2.05) is 56.3 Å². The predicted octanol–water partition coefficient (Wildman–Crippen LogP) is 1.04. The average Bonchev–Trinajstić information content (AvgIpc) is 3.87. The van der Waals surface area contributed by atoms with E-state index in [-0.39, 0.29) is 29.2 Å². The number of rotatable bonds is 19. The van der Waals surface area contributed by atoms with Crippen molar-refractivity contribution in [3.63, 3.8) is 0 Å². The van der Waals surface area contributed by atoms with Crippen LogP contribution in [0.1, 0.15) is 40.8 Å². The van der Waals surface area contributed by atoms with E-state index in [0.717, 1.165) is 23.0 Å². The molecule has 25 nitrogen and oxygen atoms in total. The molecule has 8 rings (SSSR count). The number of hydrogen-bond acceptors (Lipinski definition) is 20. The number of ether oxygens (including phenoxy) is 1. The van der Waals surface area contributed by atoms with Crippen LogP contribution in [0, 0.1) is 13.8 Å². The second-order valence-electron chi connectivity index (χ2n) is 17.2. The lowest BCUT2D eigenvalue weighted by atomic mass is 9.71. The van der Waals surface area contributed by atoms with Gasteiger partial charge in [0.1, 0.15) is 48.5 Å². The Morgan fingerprint density at radius 1 is 0.900 bits per heavy atom. The average molecular weight is 1010 g/mol. The molecule has 3 aromatic carbocycles. The van der Waals surface area contributed by atoms with Gasteiger partial charge in [0.15, 0.2) is 29.1 Å². The van der Waals surface area contributed by atoms with Crippen LogP contribution in [0.4, 0.5) is 22.0 Å². The SMILES string of the molecule is Cc1cc2c(cc1C)N(C[C@H](O)[C@H](O)[C@H](O)COP(=O)(O)OP(=O)(O)OC[C@H]1O[C@@H](n3cnc4c(N)ncnc43)[C@H](O)[C@@H]1O)C1=NC(=O)NC(=O)[C@@]1([C@@H](CC(N)Cc1ccccc1)c1ccccc1)N2. The number of phosphoric ester groups is 2. The van der Waals surface area contributed by atoms with E-state index >= 15 is 0 Å². The second kappa shape index (κ2) is 20.3. The molecule has 0 saturated carbocycles. The zero-order chi connectivity index (χ0) is 50.3. The highest BCUT2D eigenvalue weighted by atomic mass is 31.3. The summed E-state index contributed by atoms with van der Waals surface area (Å²) in [5, 5.41) is 61.0. The minimum atomic E-state index is -5.63. The number of benzene rings is 3. The van der Waals surface area contributed by atoms with E-state index in [1.54, 1.807) is 30.3 Å². The molecular formula is C43H52N10O15P2. The van der Waals surface area contributed by atoms with Crippen LogP contribution >= 0.6 is 15.6 Å². The molecule has 3 unspecified atom stereocenters. The van der Waals surface area contributed by atoms with Crippen molar-refractivity contribution in [2.45, 2.75) is 87.0 Å². The number of nitrogens with one attached hydrogen (secondary N) is 2. The van der Waals surface area contributed by atoms with Crippen molar-refractivity contribution in [1.29, 1.82) is 0 Å². The summed E-state index contributed by atoms with van der Waals surface area (Å²) in [6, 6.07) is 20.5. The Morgan fingerprint density at radius 3 is 2.29 bits per heavy atom. The third-order valence-corrected chi connectivity index (χ3v) is 15.0. The number of aliphatic hydroxyl groups is 5. The number of fused-ring (bicyclic) bond motifs is 3. The van der Waals surface area contributed by atoms with Gasteiger partial charge < -0.3 is 61.7 Å². The van der Waals surface area contributed by atoms with Crippen LogP contribution in [-0.4, -0.2) is 141 Å². The molecule has 70 heavy (non-hydrogen) atoms. The largest absolute Gasteiger partial charge is 0.481 e. The number of anilines is 3. The number of imide groups is 1. The van der Waals surface area contributed by atoms with Crippen LogP contribution in [0.15, 0.2) is 90.4 Å². The lowest BCUT2D eigenvalue weighted by Crippen LogP contribution is -2.72. The van der Waals surface area contributed by atoms with Gasteiger partial charge in [-0.3, -0.25) is 23.7 Å². The maximum atomic E-state index is 14.6. The molecule has 3 aliphatic heterocycles. The van der Waals surface area contributed by atoms with Crippen LogP contribution in [0.2, 0.25) is 0 Å². The maximum Gasteiger partial charge on any atom is 0.481 e. The van der Waals surface area contributed by atoms with Crippen molar-refractivity contribution >= 4 is 61.8 Å². The Kier molecular flexibility index (Phi) is 14.7. The first-order valence-electron chi connectivity index (χ1n) is 21.8. The Hall–Kier alpha value is -5.60. The molecule has 2 aromatic heterocycles. The summed E-state index contributed by atoms with van der Waals surface area (Å²) in [5.74, 6) is -1.72. The number of carbonyl (C=O) groups is 2. The zero-order valence-electron chi connectivity index (χ0n) is 37.4. The van der Waals surface area contributed by atoms with Gasteiger partial charge in [-0.25, -0.2) is 28.9 Å². The van der Waals surface area contributed by atoms with Gasteiger partial charge in [0, 0.05) is 12.0 Å². The van der Waals surface area contributed by atoms with Crippen LogP contribution in [-0.2, 0) is 38.4 Å². The number of nitrogen functional groups attached to an aromatic ring is 1. The van der Waals surface area contributed by atoms with E-state index in [1.165, 1.54) is 15.8 Å². The van der Waals surface area contributed by atoms with Crippen molar-refractivity contribution in [3.8, 4) is 0 Å². The smallest absolute Gasteiger partial charge is 0.388 e. The quantitative estimate of drug-likeness (QED) is 0.0515. The fourth-order valence-electron chi connectivity index (χ4n) is 8.80. The second-order valence-corrected chi connectivity index (χ2v) is 20.2. The van der Waals surface area contributed by atoms with E-state index < -0.39 is 108 Å². The maximum absolute atomic E-state index is 14.6. The van der Waals surface area contributed by atoms with Gasteiger partial charge in [-0.05, 0) is 61.1 Å². The van der Waals surface area contributed by atoms with E-state index in [2.05, 4.69) is 34.9 Å². The van der Waals surface area contributed by atoms with Gasteiger partial charge in [0.05, 0.1) is 37.5 Å². The number of amides is 3. The normalized spacial score (nSPS) is 25.1. The van der Waals surface area contributed by atoms with Crippen LogP contribution in [0.25, 0.3) is 11.2 Å². The van der Waals surface area contributed by atoms with Gasteiger partial charge in [-0.2, -0.15) is 9.30 Å². The molecule has 0 aliphatic carbocycles. The number of hydrogen-bond donors (Lipinski definition) is 11. The minimum Gasteiger partial charge on any atom is -0.388 e. The van der Waals surface area contributed by atoms with Gasteiger partial charge in [-0.1, -0.05) is 60.7 Å². The molecule has 27 heteroatoms. The molecular weight excluding hydrogens is 958 g/mol. The van der Waals surface area contributed by atoms with Crippen molar-refractivity contribution in [2.75, 3.05) is 35.7 Å². The summed E-state index contributed by atoms with van der Waals surface area (Å²) in [6.45, 7) is 0.785. The summed E-state index contributed by atoms with van der Waals surface area (Å²) in [4.78, 5) is 66.2. The predicted molar refractivity (Wildman–Crippen MR) is 249 cm³/mol. The standard InChI is InChI=1S/C43H52N10O15P2/c1-22-13-28-29(14-23(22)2)52(40-43(51-28,41(59)50-42(60)49-40)27(25-11-7-4-8-12-25)16-26(44)15-24-9-5-3-6-10-24)17-30(54)34(56)31(55)18-65-69(61,62)68-70(63,64)66-19-32-35(57)36(58)39(67-32)53-21-48-33-37(45)46-20-47-38(33)53/h3-14,20-21,26-27,30-32,34-36,39,51,54-58H,15-19,44H2,1-2H3,(H,61,62)(H,63,64)(H2,45,46,47)(H,50,59,60)/t26?,27-,30-,31+,32+,34-,35+,36+,39+,43-/m0/s1. The van der Waals surface area contributed by atoms with E-state index in [9.17, 15) is 54.0 Å². The van der Waals surface area contributed by atoms with Crippen molar-refractivity contribution in [3.05, 3.63) is 108 Å².